The average Bonchev–Trinajstić information content (AvgIpc) is 2.14. The molecule has 1 rings (SSSR count). The summed E-state index contributed by atoms with van der Waals surface area (Å²) in [6.07, 6.45) is -4.78. The van der Waals surface area contributed by atoms with Crippen LogP contribution < -0.4 is 5.73 Å². The minimum Gasteiger partial charge on any atom is -0.366 e. The van der Waals surface area contributed by atoms with Crippen molar-refractivity contribution in [3.8, 4) is 6.07 Å². The maximum absolute atomic E-state index is 12.6. The van der Waals surface area contributed by atoms with Crippen LogP contribution in [-0.4, -0.2) is 5.91 Å². The van der Waals surface area contributed by atoms with Crippen molar-refractivity contribution in [3.05, 3.63) is 32.4 Å². The average molecular weight is 340 g/mol. The van der Waals surface area contributed by atoms with Gasteiger partial charge in [0, 0.05) is 3.57 Å². The maximum Gasteiger partial charge on any atom is 0.418 e. The number of hydrogen-bond donors (Lipinski definition) is 1. The summed E-state index contributed by atoms with van der Waals surface area (Å²) in [6.45, 7) is 0. The Morgan fingerprint density at radius 3 is 2.38 bits per heavy atom. The molecule has 0 spiro atoms. The van der Waals surface area contributed by atoms with Gasteiger partial charge in [-0.05, 0) is 34.7 Å². The van der Waals surface area contributed by atoms with Crippen molar-refractivity contribution in [2.24, 2.45) is 5.73 Å². The van der Waals surface area contributed by atoms with Crippen LogP contribution in [0, 0.1) is 14.9 Å². The van der Waals surface area contributed by atoms with Crippen LogP contribution in [0.25, 0.3) is 0 Å². The molecule has 0 radical (unpaired) electrons. The van der Waals surface area contributed by atoms with Crippen molar-refractivity contribution in [2.45, 2.75) is 6.18 Å². The number of alkyl halides is 3. The Morgan fingerprint density at radius 2 is 2.00 bits per heavy atom. The molecule has 0 saturated heterocycles. The van der Waals surface area contributed by atoms with E-state index in [0.717, 1.165) is 12.1 Å². The monoisotopic (exact) mass is 340 g/mol. The van der Waals surface area contributed by atoms with E-state index in [4.69, 9.17) is 11.0 Å². The molecule has 0 heterocycles. The fourth-order valence-electron chi connectivity index (χ4n) is 1.19. The molecular formula is C9H4F3IN2O. The summed E-state index contributed by atoms with van der Waals surface area (Å²) in [5.74, 6) is -1.21. The highest BCUT2D eigenvalue weighted by molar-refractivity contribution is 14.1. The van der Waals surface area contributed by atoms with Gasteiger partial charge in [-0.25, -0.2) is 0 Å². The van der Waals surface area contributed by atoms with E-state index in [1.165, 1.54) is 6.07 Å². The molecule has 84 valence electrons. The van der Waals surface area contributed by atoms with E-state index < -0.39 is 28.8 Å². The van der Waals surface area contributed by atoms with Crippen LogP contribution in [-0.2, 0) is 6.18 Å². The number of halogens is 4. The zero-order valence-corrected chi connectivity index (χ0v) is 9.76. The van der Waals surface area contributed by atoms with Crippen LogP contribution in [0.1, 0.15) is 21.5 Å². The van der Waals surface area contributed by atoms with Crippen molar-refractivity contribution < 1.29 is 18.0 Å². The third kappa shape index (κ3) is 2.44. The van der Waals surface area contributed by atoms with E-state index in [1.807, 2.05) is 0 Å². The lowest BCUT2D eigenvalue weighted by atomic mass is 10.0. The molecule has 0 unspecified atom stereocenters. The van der Waals surface area contributed by atoms with E-state index in [0.29, 0.717) is 3.57 Å². The highest BCUT2D eigenvalue weighted by Gasteiger charge is 2.38. The van der Waals surface area contributed by atoms with Crippen molar-refractivity contribution in [1.82, 2.24) is 0 Å². The SMILES string of the molecule is N#Cc1cc(I)cc(C(N)=O)c1C(F)(F)F. The van der Waals surface area contributed by atoms with Gasteiger partial charge in [-0.2, -0.15) is 18.4 Å². The number of primary amides is 1. The zero-order valence-electron chi connectivity index (χ0n) is 7.60. The number of benzene rings is 1. The van der Waals surface area contributed by atoms with Gasteiger partial charge in [0.25, 0.3) is 0 Å². The van der Waals surface area contributed by atoms with Gasteiger partial charge in [0.2, 0.25) is 5.91 Å². The highest BCUT2D eigenvalue weighted by Crippen LogP contribution is 2.35. The Balaban J connectivity index is 3.67. The Labute approximate surface area is 102 Å². The summed E-state index contributed by atoms with van der Waals surface area (Å²) in [5.41, 5.74) is 2.29. The van der Waals surface area contributed by atoms with E-state index in [9.17, 15) is 18.0 Å². The van der Waals surface area contributed by atoms with E-state index >= 15 is 0 Å². The number of hydrogen-bond acceptors (Lipinski definition) is 2. The summed E-state index contributed by atoms with van der Waals surface area (Å²) < 4.78 is 38.2. The predicted octanol–water partition coefficient (Wildman–Crippen LogP) is 2.28. The second-order valence-corrected chi connectivity index (χ2v) is 4.10. The molecule has 7 heteroatoms. The molecule has 0 fully saturated rings. The van der Waals surface area contributed by atoms with Crippen LogP contribution >= 0.6 is 22.6 Å². The maximum atomic E-state index is 12.6. The molecule has 1 aromatic carbocycles. The molecular weight excluding hydrogens is 336 g/mol. The summed E-state index contributed by atoms with van der Waals surface area (Å²) in [5, 5.41) is 8.61. The number of rotatable bonds is 1. The first-order valence-corrected chi connectivity index (χ1v) is 4.96. The van der Waals surface area contributed by atoms with Crippen LogP contribution in [0.5, 0.6) is 0 Å². The molecule has 0 bridgehead atoms. The number of amides is 1. The smallest absolute Gasteiger partial charge is 0.366 e. The molecule has 0 aliphatic heterocycles. The topological polar surface area (TPSA) is 66.9 Å². The van der Waals surface area contributed by atoms with Crippen molar-refractivity contribution in [1.29, 1.82) is 5.26 Å². The second kappa shape index (κ2) is 4.29. The standard InChI is InChI=1S/C9H4F3IN2O/c10-9(11,12)7-4(3-14)1-5(13)2-6(7)8(15)16/h1-2H,(H2,15,16). The van der Waals surface area contributed by atoms with Gasteiger partial charge < -0.3 is 5.73 Å². The molecule has 1 amide bonds. The number of carbonyl (C=O) groups is 1. The number of nitrogens with zero attached hydrogens (tertiary/aromatic N) is 1. The summed E-state index contributed by atoms with van der Waals surface area (Å²) in [4.78, 5) is 10.9. The first kappa shape index (κ1) is 12.8. The number of carbonyl (C=O) groups excluding carboxylic acids is 1. The lowest BCUT2D eigenvalue weighted by molar-refractivity contribution is -0.138. The van der Waals surface area contributed by atoms with Gasteiger partial charge in [-0.3, -0.25) is 4.79 Å². The third-order valence-electron chi connectivity index (χ3n) is 1.77. The molecule has 16 heavy (non-hydrogen) atoms. The van der Waals surface area contributed by atoms with E-state index in [-0.39, 0.29) is 0 Å². The molecule has 3 nitrogen and oxygen atoms in total. The van der Waals surface area contributed by atoms with Gasteiger partial charge in [0.1, 0.15) is 0 Å². The summed E-state index contributed by atoms with van der Waals surface area (Å²) in [7, 11) is 0. The lowest BCUT2D eigenvalue weighted by Crippen LogP contribution is -2.20. The van der Waals surface area contributed by atoms with E-state index in [1.54, 1.807) is 22.6 Å². The molecule has 0 aromatic heterocycles. The molecule has 0 atom stereocenters. The Morgan fingerprint density at radius 1 is 1.44 bits per heavy atom. The first-order chi connectivity index (χ1) is 7.27. The van der Waals surface area contributed by atoms with Gasteiger partial charge in [0.15, 0.2) is 0 Å². The molecule has 0 aliphatic carbocycles. The fourth-order valence-corrected chi connectivity index (χ4v) is 1.82. The lowest BCUT2D eigenvalue weighted by Gasteiger charge is -2.12. The summed E-state index contributed by atoms with van der Waals surface area (Å²) in [6, 6.07) is 3.46. The largest absolute Gasteiger partial charge is 0.418 e. The van der Waals surface area contributed by atoms with Crippen LogP contribution in [0.15, 0.2) is 12.1 Å². The first-order valence-electron chi connectivity index (χ1n) is 3.88. The minimum absolute atomic E-state index is 0.343. The van der Waals surface area contributed by atoms with Gasteiger partial charge >= 0.3 is 6.18 Å². The van der Waals surface area contributed by atoms with Crippen LogP contribution in [0.3, 0.4) is 0 Å². The van der Waals surface area contributed by atoms with E-state index in [2.05, 4.69) is 0 Å². The predicted molar refractivity (Wildman–Crippen MR) is 57.4 cm³/mol. The third-order valence-corrected chi connectivity index (χ3v) is 2.40. The summed E-state index contributed by atoms with van der Waals surface area (Å²) >= 11 is 1.71. The normalized spacial score (nSPS) is 10.9. The molecule has 1 aromatic rings. The molecule has 0 aliphatic rings. The second-order valence-electron chi connectivity index (χ2n) is 2.85. The van der Waals surface area contributed by atoms with Crippen molar-refractivity contribution in [3.63, 3.8) is 0 Å². The van der Waals surface area contributed by atoms with Crippen molar-refractivity contribution >= 4 is 28.5 Å². The van der Waals surface area contributed by atoms with Gasteiger partial charge in [0.05, 0.1) is 22.8 Å². The fraction of sp³-hybridized carbons (Fsp3) is 0.111. The van der Waals surface area contributed by atoms with Crippen molar-refractivity contribution in [2.75, 3.05) is 0 Å². The zero-order chi connectivity index (χ0) is 12.5. The highest BCUT2D eigenvalue weighted by atomic mass is 127. The Hall–Kier alpha value is -1.30. The quantitative estimate of drug-likeness (QED) is 0.797. The number of nitrogens with two attached hydrogens (primary N) is 1. The molecule has 2 N–H and O–H groups in total. The van der Waals surface area contributed by atoms with Crippen LogP contribution in [0.4, 0.5) is 13.2 Å². The number of nitriles is 1. The Kier molecular flexibility index (Phi) is 3.42. The minimum atomic E-state index is -4.78. The van der Waals surface area contributed by atoms with Crippen LogP contribution in [0.2, 0.25) is 0 Å². The molecule has 0 saturated carbocycles. The Bertz CT molecular complexity index is 491. The van der Waals surface area contributed by atoms with Gasteiger partial charge in [-0.15, -0.1) is 0 Å². The van der Waals surface area contributed by atoms with Gasteiger partial charge in [-0.1, -0.05) is 0 Å².